The van der Waals surface area contributed by atoms with Crippen LogP contribution in [-0.2, 0) is 0 Å². The number of nitrogens with zero attached hydrogens (tertiary/aromatic N) is 1. The molecule has 0 aliphatic rings. The number of thiazole rings is 1. The molecule has 1 heterocycles. The lowest BCUT2D eigenvalue weighted by Gasteiger charge is -1.99. The van der Waals surface area contributed by atoms with Crippen molar-refractivity contribution in [1.82, 2.24) is 4.98 Å². The fraction of sp³-hybridized carbons (Fsp3) is 0.500. The molecule has 0 spiro atoms. The van der Waals surface area contributed by atoms with Gasteiger partial charge in [-0.1, -0.05) is 11.3 Å². The Balaban J connectivity index is 2.33. The maximum Gasteiger partial charge on any atom is 0.347 e. The Labute approximate surface area is 90.7 Å². The maximum absolute atomic E-state index is 10.5. The van der Waals surface area contributed by atoms with Gasteiger partial charge in [-0.2, -0.15) is 11.8 Å². The van der Waals surface area contributed by atoms with Gasteiger partial charge in [0.25, 0.3) is 0 Å². The molecule has 0 aliphatic heterocycles. The first-order valence-electron chi connectivity index (χ1n) is 4.16. The summed E-state index contributed by atoms with van der Waals surface area (Å²) in [5.74, 6) is 0.184. The number of carboxylic acid groups (broad SMARTS) is 1. The van der Waals surface area contributed by atoms with Crippen LogP contribution in [0.25, 0.3) is 0 Å². The van der Waals surface area contributed by atoms with E-state index < -0.39 is 5.97 Å². The van der Waals surface area contributed by atoms with E-state index in [0.717, 1.165) is 18.7 Å². The zero-order chi connectivity index (χ0) is 10.4. The zero-order valence-electron chi connectivity index (χ0n) is 7.82. The third-order valence-corrected chi connectivity index (χ3v) is 3.16. The summed E-state index contributed by atoms with van der Waals surface area (Å²) < 4.78 is 0. The number of thioether (sulfide) groups is 1. The van der Waals surface area contributed by atoms with E-state index in [-0.39, 0.29) is 4.88 Å². The van der Waals surface area contributed by atoms with Crippen LogP contribution < -0.4 is 5.32 Å². The Morgan fingerprint density at radius 1 is 1.79 bits per heavy atom. The van der Waals surface area contributed by atoms with Gasteiger partial charge in [-0.25, -0.2) is 9.78 Å². The van der Waals surface area contributed by atoms with E-state index in [1.807, 2.05) is 0 Å². The van der Waals surface area contributed by atoms with Crippen molar-refractivity contribution in [2.45, 2.75) is 6.42 Å². The van der Waals surface area contributed by atoms with E-state index in [1.165, 1.54) is 17.5 Å². The van der Waals surface area contributed by atoms with Crippen LogP contribution in [0.4, 0.5) is 5.13 Å². The standard InChI is InChI=1S/C8H12N2O2S2/c1-13-4-2-3-9-8-10-5-6(14-8)7(11)12/h5H,2-4H2,1H3,(H,9,10)(H,11,12). The van der Waals surface area contributed by atoms with Gasteiger partial charge >= 0.3 is 5.97 Å². The predicted octanol–water partition coefficient (Wildman–Crippen LogP) is 2.01. The summed E-state index contributed by atoms with van der Waals surface area (Å²) in [4.78, 5) is 14.8. The van der Waals surface area contributed by atoms with Crippen molar-refractivity contribution in [3.05, 3.63) is 11.1 Å². The van der Waals surface area contributed by atoms with Crippen LogP contribution in [0.15, 0.2) is 6.20 Å². The van der Waals surface area contributed by atoms with Gasteiger partial charge in [-0.3, -0.25) is 0 Å². The van der Waals surface area contributed by atoms with Crippen LogP contribution in [0.2, 0.25) is 0 Å². The Bertz CT molecular complexity index is 301. The molecule has 0 bridgehead atoms. The first-order chi connectivity index (χ1) is 6.74. The number of anilines is 1. The van der Waals surface area contributed by atoms with Gasteiger partial charge in [0.05, 0.1) is 6.20 Å². The van der Waals surface area contributed by atoms with Crippen molar-refractivity contribution in [3.63, 3.8) is 0 Å². The highest BCUT2D eigenvalue weighted by Crippen LogP contribution is 2.17. The summed E-state index contributed by atoms with van der Waals surface area (Å²) >= 11 is 2.97. The predicted molar refractivity (Wildman–Crippen MR) is 60.6 cm³/mol. The average molecular weight is 232 g/mol. The second kappa shape index (κ2) is 5.87. The monoisotopic (exact) mass is 232 g/mol. The first-order valence-corrected chi connectivity index (χ1v) is 6.37. The van der Waals surface area contributed by atoms with E-state index in [1.54, 1.807) is 11.8 Å². The van der Waals surface area contributed by atoms with E-state index >= 15 is 0 Å². The van der Waals surface area contributed by atoms with E-state index in [4.69, 9.17) is 5.11 Å². The molecule has 0 radical (unpaired) electrons. The van der Waals surface area contributed by atoms with Crippen molar-refractivity contribution in [2.24, 2.45) is 0 Å². The van der Waals surface area contributed by atoms with E-state index in [9.17, 15) is 4.79 Å². The second-order valence-electron chi connectivity index (χ2n) is 2.61. The molecule has 78 valence electrons. The molecule has 0 atom stereocenters. The molecule has 0 fully saturated rings. The molecular formula is C8H12N2O2S2. The highest BCUT2D eigenvalue weighted by Gasteiger charge is 2.07. The van der Waals surface area contributed by atoms with Gasteiger partial charge in [-0.15, -0.1) is 0 Å². The van der Waals surface area contributed by atoms with Gasteiger partial charge in [0, 0.05) is 6.54 Å². The number of nitrogens with one attached hydrogen (secondary N) is 1. The molecule has 0 aromatic carbocycles. The first kappa shape index (κ1) is 11.3. The molecule has 14 heavy (non-hydrogen) atoms. The third kappa shape index (κ3) is 3.55. The van der Waals surface area contributed by atoms with Gasteiger partial charge in [0.1, 0.15) is 4.88 Å². The molecule has 1 aromatic heterocycles. The number of aromatic carboxylic acids is 1. The SMILES string of the molecule is CSCCCNc1ncc(C(=O)O)s1. The molecule has 2 N–H and O–H groups in total. The lowest BCUT2D eigenvalue weighted by molar-refractivity contribution is 0.0702. The Morgan fingerprint density at radius 3 is 3.14 bits per heavy atom. The Kier molecular flexibility index (Phi) is 4.75. The quantitative estimate of drug-likeness (QED) is 0.735. The summed E-state index contributed by atoms with van der Waals surface area (Å²) in [7, 11) is 0. The molecule has 4 nitrogen and oxygen atoms in total. The number of aromatic nitrogens is 1. The molecule has 6 heteroatoms. The summed E-state index contributed by atoms with van der Waals surface area (Å²) in [6.45, 7) is 0.841. The van der Waals surface area contributed by atoms with Crippen molar-refractivity contribution >= 4 is 34.2 Å². The highest BCUT2D eigenvalue weighted by atomic mass is 32.2. The minimum absolute atomic E-state index is 0.275. The molecule has 0 amide bonds. The second-order valence-corrected chi connectivity index (χ2v) is 4.62. The van der Waals surface area contributed by atoms with Crippen LogP contribution in [0.5, 0.6) is 0 Å². The molecule has 1 aromatic rings. The van der Waals surface area contributed by atoms with Gasteiger partial charge in [0.15, 0.2) is 5.13 Å². The third-order valence-electron chi connectivity index (χ3n) is 1.52. The van der Waals surface area contributed by atoms with Crippen LogP contribution in [0.3, 0.4) is 0 Å². The molecule has 0 saturated heterocycles. The number of hydrogen-bond donors (Lipinski definition) is 2. The van der Waals surface area contributed by atoms with Crippen LogP contribution in [0, 0.1) is 0 Å². The molecule has 0 unspecified atom stereocenters. The lowest BCUT2D eigenvalue weighted by Crippen LogP contribution is -2.01. The largest absolute Gasteiger partial charge is 0.477 e. The van der Waals surface area contributed by atoms with Crippen molar-refractivity contribution in [2.75, 3.05) is 23.9 Å². The molecule has 0 aliphatic carbocycles. The van der Waals surface area contributed by atoms with E-state index in [2.05, 4.69) is 16.6 Å². The maximum atomic E-state index is 10.5. The van der Waals surface area contributed by atoms with E-state index in [0.29, 0.717) is 5.13 Å². The lowest BCUT2D eigenvalue weighted by atomic mass is 10.5. The number of carboxylic acids is 1. The zero-order valence-corrected chi connectivity index (χ0v) is 9.45. The summed E-state index contributed by atoms with van der Waals surface area (Å²) in [5, 5.41) is 12.4. The van der Waals surface area contributed by atoms with Crippen LogP contribution >= 0.6 is 23.1 Å². The van der Waals surface area contributed by atoms with Crippen molar-refractivity contribution in [1.29, 1.82) is 0 Å². The van der Waals surface area contributed by atoms with Gasteiger partial charge < -0.3 is 10.4 Å². The topological polar surface area (TPSA) is 62.2 Å². The molecular weight excluding hydrogens is 220 g/mol. The minimum atomic E-state index is -0.917. The summed E-state index contributed by atoms with van der Waals surface area (Å²) in [6.07, 6.45) is 4.50. The van der Waals surface area contributed by atoms with Crippen LogP contribution in [0.1, 0.15) is 16.1 Å². The Morgan fingerprint density at radius 2 is 2.57 bits per heavy atom. The number of rotatable bonds is 6. The van der Waals surface area contributed by atoms with Gasteiger partial charge in [-0.05, 0) is 18.4 Å². The normalized spacial score (nSPS) is 10.1. The summed E-state index contributed by atoms with van der Waals surface area (Å²) in [5.41, 5.74) is 0. The Hall–Kier alpha value is -0.750. The smallest absolute Gasteiger partial charge is 0.347 e. The van der Waals surface area contributed by atoms with Crippen molar-refractivity contribution in [3.8, 4) is 0 Å². The summed E-state index contributed by atoms with van der Waals surface area (Å²) in [6, 6.07) is 0. The fourth-order valence-corrected chi connectivity index (χ4v) is 1.98. The van der Waals surface area contributed by atoms with Crippen LogP contribution in [-0.4, -0.2) is 34.6 Å². The minimum Gasteiger partial charge on any atom is -0.477 e. The number of hydrogen-bond acceptors (Lipinski definition) is 5. The van der Waals surface area contributed by atoms with Gasteiger partial charge in [0.2, 0.25) is 0 Å². The highest BCUT2D eigenvalue weighted by molar-refractivity contribution is 7.98. The van der Waals surface area contributed by atoms with Crippen molar-refractivity contribution < 1.29 is 9.90 Å². The number of carbonyl (C=O) groups is 1. The molecule has 0 saturated carbocycles. The average Bonchev–Trinajstić information content (AvgIpc) is 2.61. The fourth-order valence-electron chi connectivity index (χ4n) is 0.867. The molecule has 1 rings (SSSR count).